The number of amides is 1. The molecule has 1 amide bonds. The fourth-order valence-electron chi connectivity index (χ4n) is 1.30. The summed E-state index contributed by atoms with van der Waals surface area (Å²) in [5.41, 5.74) is 1.39. The summed E-state index contributed by atoms with van der Waals surface area (Å²) in [6, 6.07) is 2.01. The highest BCUT2D eigenvalue weighted by atomic mass is 16.6. The van der Waals surface area contributed by atoms with E-state index in [1.54, 1.807) is 0 Å². The van der Waals surface area contributed by atoms with Gasteiger partial charge in [0, 0.05) is 16.6 Å². The number of phenols is 1. The molecular formula is C10H10N4O7. The number of nitrogens with one attached hydrogen (secondary N) is 1. The second-order valence-electron chi connectivity index (χ2n) is 3.63. The average molecular weight is 298 g/mol. The standard InChI is InChI=1S/C10H10N4O7/c1-21-8-3-7(14(19)20)2-6(10(8)16)4-11-12-9(15)5-13(17)18/h2-4,16H,5H2,1H3,(H,12,15). The van der Waals surface area contributed by atoms with E-state index >= 15 is 0 Å². The molecule has 1 aromatic rings. The monoisotopic (exact) mass is 298 g/mol. The summed E-state index contributed by atoms with van der Waals surface area (Å²) in [5, 5.41) is 33.9. The second-order valence-corrected chi connectivity index (χ2v) is 3.63. The number of carbonyl (C=O) groups is 1. The number of ether oxygens (including phenoxy) is 1. The van der Waals surface area contributed by atoms with E-state index in [1.807, 2.05) is 5.43 Å². The van der Waals surface area contributed by atoms with Gasteiger partial charge in [0.2, 0.25) is 0 Å². The first-order chi connectivity index (χ1) is 9.85. The van der Waals surface area contributed by atoms with Gasteiger partial charge in [-0.1, -0.05) is 0 Å². The summed E-state index contributed by atoms with van der Waals surface area (Å²) < 4.78 is 4.76. The highest BCUT2D eigenvalue weighted by Crippen LogP contribution is 2.33. The highest BCUT2D eigenvalue weighted by Gasteiger charge is 2.16. The summed E-state index contributed by atoms with van der Waals surface area (Å²) in [6.07, 6.45) is 0.905. The lowest BCUT2D eigenvalue weighted by Gasteiger charge is -2.05. The summed E-state index contributed by atoms with van der Waals surface area (Å²) >= 11 is 0. The molecule has 0 heterocycles. The van der Waals surface area contributed by atoms with Crippen molar-refractivity contribution in [1.29, 1.82) is 0 Å². The SMILES string of the molecule is COc1cc([N+](=O)[O-])cc(C=NNC(=O)C[N+](=O)[O-])c1O. The largest absolute Gasteiger partial charge is 0.504 e. The molecular weight excluding hydrogens is 288 g/mol. The molecule has 0 aliphatic carbocycles. The lowest BCUT2D eigenvalue weighted by molar-refractivity contribution is -0.467. The highest BCUT2D eigenvalue weighted by molar-refractivity contribution is 5.87. The number of carbonyl (C=O) groups excluding carboxylic acids is 1. The van der Waals surface area contributed by atoms with E-state index in [2.05, 4.69) is 5.10 Å². The van der Waals surface area contributed by atoms with Crippen molar-refractivity contribution < 1.29 is 24.5 Å². The minimum absolute atomic E-state index is 0.0950. The zero-order valence-corrected chi connectivity index (χ0v) is 10.7. The van der Waals surface area contributed by atoms with E-state index in [0.717, 1.165) is 18.3 Å². The van der Waals surface area contributed by atoms with Crippen molar-refractivity contribution >= 4 is 17.8 Å². The molecule has 21 heavy (non-hydrogen) atoms. The number of hydrazone groups is 1. The molecule has 0 aromatic heterocycles. The van der Waals surface area contributed by atoms with Crippen LogP contribution >= 0.6 is 0 Å². The first-order valence-electron chi connectivity index (χ1n) is 5.34. The Morgan fingerprint density at radius 1 is 1.48 bits per heavy atom. The molecule has 2 N–H and O–H groups in total. The predicted molar refractivity (Wildman–Crippen MR) is 68.9 cm³/mol. The number of hydrogen-bond donors (Lipinski definition) is 2. The average Bonchev–Trinajstić information content (AvgIpc) is 2.39. The zero-order chi connectivity index (χ0) is 16.0. The number of rotatable bonds is 6. The Kier molecular flexibility index (Phi) is 5.11. The third kappa shape index (κ3) is 4.41. The number of phenolic OH excluding ortho intramolecular Hbond substituents is 1. The first kappa shape index (κ1) is 15.8. The van der Waals surface area contributed by atoms with Gasteiger partial charge in [0.15, 0.2) is 11.5 Å². The molecule has 0 aliphatic rings. The van der Waals surface area contributed by atoms with Gasteiger partial charge in [-0.3, -0.25) is 25.0 Å². The van der Waals surface area contributed by atoms with Crippen LogP contribution in [0.25, 0.3) is 0 Å². The van der Waals surface area contributed by atoms with E-state index in [9.17, 15) is 30.1 Å². The molecule has 0 aliphatic heterocycles. The van der Waals surface area contributed by atoms with Crippen LogP contribution in [0.15, 0.2) is 17.2 Å². The third-order valence-electron chi connectivity index (χ3n) is 2.19. The Bertz CT molecular complexity index is 614. The summed E-state index contributed by atoms with van der Waals surface area (Å²) in [4.78, 5) is 30.2. The summed E-state index contributed by atoms with van der Waals surface area (Å²) in [7, 11) is 1.21. The minimum Gasteiger partial charge on any atom is -0.504 e. The van der Waals surface area contributed by atoms with Crippen molar-refractivity contribution in [2.24, 2.45) is 5.10 Å². The number of nitro groups is 2. The van der Waals surface area contributed by atoms with Gasteiger partial charge in [-0.15, -0.1) is 0 Å². The fraction of sp³-hybridized carbons (Fsp3) is 0.200. The molecule has 1 aromatic carbocycles. The Hall–Kier alpha value is -3.24. The van der Waals surface area contributed by atoms with Crippen molar-refractivity contribution in [3.8, 4) is 11.5 Å². The van der Waals surface area contributed by atoms with Crippen LogP contribution in [0.4, 0.5) is 5.69 Å². The molecule has 112 valence electrons. The Balaban J connectivity index is 2.96. The van der Waals surface area contributed by atoms with Crippen LogP contribution in [0.2, 0.25) is 0 Å². The maximum atomic E-state index is 11.0. The molecule has 0 radical (unpaired) electrons. The maximum Gasteiger partial charge on any atom is 0.311 e. The topological polar surface area (TPSA) is 157 Å². The quantitative estimate of drug-likeness (QED) is 0.426. The number of benzene rings is 1. The number of non-ortho nitro benzene ring substituents is 1. The number of aromatic hydroxyl groups is 1. The van der Waals surface area contributed by atoms with Crippen LogP contribution in [0.3, 0.4) is 0 Å². The molecule has 11 nitrogen and oxygen atoms in total. The molecule has 0 bridgehead atoms. The predicted octanol–water partition coefficient (Wildman–Crippen LogP) is 0.0358. The van der Waals surface area contributed by atoms with Gasteiger partial charge in [-0.05, 0) is 0 Å². The molecule has 0 saturated heterocycles. The van der Waals surface area contributed by atoms with Gasteiger partial charge in [0.1, 0.15) is 0 Å². The molecule has 0 atom stereocenters. The van der Waals surface area contributed by atoms with Gasteiger partial charge in [0.25, 0.3) is 12.2 Å². The van der Waals surface area contributed by atoms with E-state index in [1.165, 1.54) is 7.11 Å². The molecule has 0 fully saturated rings. The van der Waals surface area contributed by atoms with Crippen LogP contribution in [-0.2, 0) is 4.79 Å². The fourth-order valence-corrected chi connectivity index (χ4v) is 1.30. The van der Waals surface area contributed by atoms with E-state index < -0.39 is 28.0 Å². The van der Waals surface area contributed by atoms with Crippen molar-refractivity contribution in [2.75, 3.05) is 13.7 Å². The number of nitro benzene ring substituents is 1. The van der Waals surface area contributed by atoms with Crippen molar-refractivity contribution in [3.05, 3.63) is 37.9 Å². The van der Waals surface area contributed by atoms with Crippen LogP contribution in [0, 0.1) is 20.2 Å². The van der Waals surface area contributed by atoms with Gasteiger partial charge >= 0.3 is 5.91 Å². The minimum atomic E-state index is -0.979. The van der Waals surface area contributed by atoms with Gasteiger partial charge in [0.05, 0.1) is 24.3 Å². The van der Waals surface area contributed by atoms with Gasteiger partial charge < -0.3 is 9.84 Å². The van der Waals surface area contributed by atoms with Gasteiger partial charge in [-0.25, -0.2) is 5.43 Å². The number of methoxy groups -OCH3 is 1. The Labute approximate surface area is 117 Å². The van der Waals surface area contributed by atoms with Crippen LogP contribution in [0.1, 0.15) is 5.56 Å². The smallest absolute Gasteiger partial charge is 0.311 e. The Morgan fingerprint density at radius 3 is 2.67 bits per heavy atom. The van der Waals surface area contributed by atoms with Crippen LogP contribution < -0.4 is 10.2 Å². The lowest BCUT2D eigenvalue weighted by Crippen LogP contribution is -2.25. The molecule has 1 rings (SSSR count). The van der Waals surface area contributed by atoms with E-state index in [0.29, 0.717) is 0 Å². The van der Waals surface area contributed by atoms with Crippen molar-refractivity contribution in [3.63, 3.8) is 0 Å². The number of nitrogens with zero attached hydrogens (tertiary/aromatic N) is 3. The molecule has 0 saturated carbocycles. The van der Waals surface area contributed by atoms with E-state index in [-0.39, 0.29) is 17.0 Å². The maximum absolute atomic E-state index is 11.0. The summed E-state index contributed by atoms with van der Waals surface area (Å²) in [6.45, 7) is -0.971. The Morgan fingerprint density at radius 2 is 2.14 bits per heavy atom. The van der Waals surface area contributed by atoms with E-state index in [4.69, 9.17) is 4.74 Å². The van der Waals surface area contributed by atoms with Crippen LogP contribution in [0.5, 0.6) is 11.5 Å². The zero-order valence-electron chi connectivity index (χ0n) is 10.7. The molecule has 0 spiro atoms. The van der Waals surface area contributed by atoms with Crippen LogP contribution in [-0.4, -0.2) is 40.7 Å². The van der Waals surface area contributed by atoms with Crippen molar-refractivity contribution in [2.45, 2.75) is 0 Å². The first-order valence-corrected chi connectivity index (χ1v) is 5.34. The second kappa shape index (κ2) is 6.79. The number of hydrogen-bond acceptors (Lipinski definition) is 8. The molecule has 0 unspecified atom stereocenters. The summed E-state index contributed by atoms with van der Waals surface area (Å²) in [5.74, 6) is -1.55. The third-order valence-corrected chi connectivity index (χ3v) is 2.19. The lowest BCUT2D eigenvalue weighted by atomic mass is 10.2. The molecule has 11 heteroatoms. The van der Waals surface area contributed by atoms with Crippen molar-refractivity contribution in [1.82, 2.24) is 5.43 Å². The normalized spacial score (nSPS) is 10.3. The van der Waals surface area contributed by atoms with Gasteiger partial charge in [-0.2, -0.15) is 5.10 Å².